The third-order valence-corrected chi connectivity index (χ3v) is 2.41. The minimum absolute atomic E-state index is 0.0867. The molecule has 0 saturated heterocycles. The van der Waals surface area contributed by atoms with Crippen molar-refractivity contribution in [1.29, 1.82) is 0 Å². The summed E-state index contributed by atoms with van der Waals surface area (Å²) in [6.45, 7) is 1.83. The molecule has 2 aromatic rings. The van der Waals surface area contributed by atoms with Crippen LogP contribution in [0.15, 0.2) is 18.3 Å². The Morgan fingerprint density at radius 2 is 2.40 bits per heavy atom. The number of aromatic nitrogens is 2. The lowest BCUT2D eigenvalue weighted by Crippen LogP contribution is -2.04. The van der Waals surface area contributed by atoms with Gasteiger partial charge in [0.15, 0.2) is 0 Å². The first-order chi connectivity index (χ1) is 7.08. The average Bonchev–Trinajstić information content (AvgIpc) is 2.42. The standard InChI is InChI=1S/C10H9ClN2O2/c1-6-8-4-7(11)2-3-13(8)9(12-6)5-10(14)15/h2-4H,5H2,1H3,(H,14,15). The first kappa shape index (κ1) is 9.98. The van der Waals surface area contributed by atoms with Gasteiger partial charge in [0.05, 0.1) is 11.2 Å². The van der Waals surface area contributed by atoms with Crippen molar-refractivity contribution in [1.82, 2.24) is 9.38 Å². The van der Waals surface area contributed by atoms with Crippen LogP contribution >= 0.6 is 11.6 Å². The van der Waals surface area contributed by atoms with Gasteiger partial charge in [-0.2, -0.15) is 0 Å². The molecule has 78 valence electrons. The highest BCUT2D eigenvalue weighted by molar-refractivity contribution is 6.30. The summed E-state index contributed by atoms with van der Waals surface area (Å²) >= 11 is 5.85. The van der Waals surface area contributed by atoms with E-state index in [4.69, 9.17) is 16.7 Å². The third kappa shape index (κ3) is 1.80. The number of hydrogen-bond donors (Lipinski definition) is 1. The van der Waals surface area contributed by atoms with Crippen LogP contribution in [0.4, 0.5) is 0 Å². The van der Waals surface area contributed by atoms with Crippen LogP contribution in [0.1, 0.15) is 11.5 Å². The number of imidazole rings is 1. The second kappa shape index (κ2) is 3.55. The largest absolute Gasteiger partial charge is 0.481 e. The van der Waals surface area contributed by atoms with E-state index in [0.29, 0.717) is 10.8 Å². The topological polar surface area (TPSA) is 54.6 Å². The molecule has 5 heteroatoms. The number of pyridine rings is 1. The number of halogens is 1. The van der Waals surface area contributed by atoms with Crippen molar-refractivity contribution >= 4 is 23.1 Å². The van der Waals surface area contributed by atoms with Gasteiger partial charge in [-0.25, -0.2) is 4.98 Å². The predicted molar refractivity (Wildman–Crippen MR) is 56.3 cm³/mol. The quantitative estimate of drug-likeness (QED) is 0.848. The highest BCUT2D eigenvalue weighted by atomic mass is 35.5. The molecule has 0 aliphatic heterocycles. The lowest BCUT2D eigenvalue weighted by Gasteiger charge is -1.98. The molecular formula is C10H9ClN2O2. The predicted octanol–water partition coefficient (Wildman–Crippen LogP) is 1.92. The summed E-state index contributed by atoms with van der Waals surface area (Å²) in [6, 6.07) is 3.48. The van der Waals surface area contributed by atoms with Crippen LogP contribution in [0.2, 0.25) is 5.02 Å². The van der Waals surface area contributed by atoms with E-state index >= 15 is 0 Å². The van der Waals surface area contributed by atoms with E-state index in [-0.39, 0.29) is 6.42 Å². The van der Waals surface area contributed by atoms with Gasteiger partial charge in [0.25, 0.3) is 0 Å². The Kier molecular flexibility index (Phi) is 2.36. The van der Waals surface area contributed by atoms with Gasteiger partial charge in [-0.3, -0.25) is 4.79 Å². The molecule has 4 nitrogen and oxygen atoms in total. The van der Waals surface area contributed by atoms with Crippen LogP contribution in [-0.4, -0.2) is 20.5 Å². The molecule has 2 heterocycles. The molecule has 2 rings (SSSR count). The highest BCUT2D eigenvalue weighted by Crippen LogP contribution is 2.17. The lowest BCUT2D eigenvalue weighted by molar-refractivity contribution is -0.136. The fourth-order valence-electron chi connectivity index (χ4n) is 1.54. The van der Waals surface area contributed by atoms with Crippen molar-refractivity contribution in [2.24, 2.45) is 0 Å². The Morgan fingerprint density at radius 3 is 3.07 bits per heavy atom. The van der Waals surface area contributed by atoms with E-state index in [1.807, 2.05) is 6.92 Å². The van der Waals surface area contributed by atoms with E-state index in [1.165, 1.54) is 0 Å². The number of nitrogens with zero attached hydrogens (tertiary/aromatic N) is 2. The molecule has 2 aromatic heterocycles. The van der Waals surface area contributed by atoms with Gasteiger partial charge in [0.1, 0.15) is 12.2 Å². The molecule has 15 heavy (non-hydrogen) atoms. The Bertz CT molecular complexity index is 533. The fraction of sp³-hybridized carbons (Fsp3) is 0.200. The van der Waals surface area contributed by atoms with E-state index in [9.17, 15) is 4.79 Å². The molecule has 0 atom stereocenters. The molecule has 0 unspecified atom stereocenters. The number of fused-ring (bicyclic) bond motifs is 1. The van der Waals surface area contributed by atoms with Gasteiger partial charge in [-0.05, 0) is 19.1 Å². The van der Waals surface area contributed by atoms with Crippen molar-refractivity contribution in [2.45, 2.75) is 13.3 Å². The van der Waals surface area contributed by atoms with E-state index in [2.05, 4.69) is 4.98 Å². The Hall–Kier alpha value is -1.55. The summed E-state index contributed by atoms with van der Waals surface area (Å²) in [6.07, 6.45) is 1.65. The fourth-order valence-corrected chi connectivity index (χ4v) is 1.70. The zero-order valence-electron chi connectivity index (χ0n) is 8.07. The second-order valence-corrected chi connectivity index (χ2v) is 3.72. The molecule has 0 bridgehead atoms. The second-order valence-electron chi connectivity index (χ2n) is 3.28. The number of hydrogen-bond acceptors (Lipinski definition) is 2. The number of aliphatic carboxylic acids is 1. The molecule has 0 aliphatic carbocycles. The summed E-state index contributed by atoms with van der Waals surface area (Å²) in [5.41, 5.74) is 1.63. The van der Waals surface area contributed by atoms with Crippen LogP contribution < -0.4 is 0 Å². The number of carbonyl (C=O) groups is 1. The van der Waals surface area contributed by atoms with Gasteiger partial charge in [0.2, 0.25) is 0 Å². The summed E-state index contributed by atoms with van der Waals surface area (Å²) < 4.78 is 1.75. The maximum atomic E-state index is 10.6. The highest BCUT2D eigenvalue weighted by Gasteiger charge is 2.10. The van der Waals surface area contributed by atoms with Gasteiger partial charge in [-0.15, -0.1) is 0 Å². The van der Waals surface area contributed by atoms with Crippen LogP contribution in [0.5, 0.6) is 0 Å². The first-order valence-electron chi connectivity index (χ1n) is 4.43. The normalized spacial score (nSPS) is 10.8. The van der Waals surface area contributed by atoms with Crippen molar-refractivity contribution in [3.63, 3.8) is 0 Å². The molecule has 0 saturated carbocycles. The maximum Gasteiger partial charge on any atom is 0.311 e. The molecule has 0 aromatic carbocycles. The van der Waals surface area contributed by atoms with Crippen LogP contribution in [0, 0.1) is 6.92 Å². The third-order valence-electron chi connectivity index (χ3n) is 2.17. The molecule has 0 aliphatic rings. The Balaban J connectivity index is 2.62. The minimum atomic E-state index is -0.892. The van der Waals surface area contributed by atoms with E-state index in [0.717, 1.165) is 11.2 Å². The van der Waals surface area contributed by atoms with Crippen LogP contribution in [-0.2, 0) is 11.2 Å². The Morgan fingerprint density at radius 1 is 1.67 bits per heavy atom. The van der Waals surface area contributed by atoms with Crippen molar-refractivity contribution in [3.8, 4) is 0 Å². The number of carboxylic acid groups (broad SMARTS) is 1. The van der Waals surface area contributed by atoms with E-state index in [1.54, 1.807) is 22.7 Å². The summed E-state index contributed by atoms with van der Waals surface area (Å²) in [5, 5.41) is 9.33. The monoisotopic (exact) mass is 224 g/mol. The zero-order chi connectivity index (χ0) is 11.0. The van der Waals surface area contributed by atoms with Crippen LogP contribution in [0.25, 0.3) is 5.52 Å². The average molecular weight is 225 g/mol. The summed E-state index contributed by atoms with van der Waals surface area (Å²) in [5.74, 6) is -0.372. The number of carboxylic acids is 1. The first-order valence-corrected chi connectivity index (χ1v) is 4.80. The van der Waals surface area contributed by atoms with E-state index < -0.39 is 5.97 Å². The summed E-state index contributed by atoms with van der Waals surface area (Å²) in [7, 11) is 0. The van der Waals surface area contributed by atoms with Gasteiger partial charge >= 0.3 is 5.97 Å². The molecule has 0 spiro atoms. The molecular weight excluding hydrogens is 216 g/mol. The van der Waals surface area contributed by atoms with Crippen molar-refractivity contribution in [3.05, 3.63) is 34.9 Å². The smallest absolute Gasteiger partial charge is 0.311 e. The zero-order valence-corrected chi connectivity index (χ0v) is 8.82. The van der Waals surface area contributed by atoms with Crippen LogP contribution in [0.3, 0.4) is 0 Å². The molecule has 0 fully saturated rings. The lowest BCUT2D eigenvalue weighted by atomic mass is 10.3. The van der Waals surface area contributed by atoms with Gasteiger partial charge < -0.3 is 9.51 Å². The minimum Gasteiger partial charge on any atom is -0.481 e. The maximum absolute atomic E-state index is 10.6. The van der Waals surface area contributed by atoms with Gasteiger partial charge in [-0.1, -0.05) is 11.6 Å². The SMILES string of the molecule is Cc1nc(CC(=O)O)n2ccc(Cl)cc12. The number of rotatable bonds is 2. The number of aryl methyl sites for hydroxylation is 1. The van der Waals surface area contributed by atoms with Crippen molar-refractivity contribution in [2.75, 3.05) is 0 Å². The molecule has 0 amide bonds. The van der Waals surface area contributed by atoms with Crippen molar-refractivity contribution < 1.29 is 9.90 Å². The summed E-state index contributed by atoms with van der Waals surface area (Å²) in [4.78, 5) is 14.8. The Labute approximate surface area is 91.1 Å². The molecule has 1 N–H and O–H groups in total. The molecule has 0 radical (unpaired) electrons. The van der Waals surface area contributed by atoms with Gasteiger partial charge in [0, 0.05) is 11.2 Å².